The number of thiol groups is 1. The van der Waals surface area contributed by atoms with Gasteiger partial charge in [-0.05, 0) is 73.2 Å². The van der Waals surface area contributed by atoms with Crippen LogP contribution in [0.5, 0.6) is 0 Å². The molecule has 0 amide bonds. The van der Waals surface area contributed by atoms with Crippen LogP contribution >= 0.6 is 12.6 Å². The Morgan fingerprint density at radius 2 is 1.78 bits per heavy atom. The standard InChI is InChI=1S/C20H26O2S/c1-19-8-7-13-10(12(19)5-6-16(19)21)3-4-14-18(23)17(22)11-9-15(11)20(13,14)2/h10-13,15,23H,3-9H2,1-2H3/t10-,11-,12-,13-,15?,19-,20+/m0/s1. The topological polar surface area (TPSA) is 34.1 Å². The number of carbonyl (C=O) groups excluding carboxylic acids is 2. The minimum Gasteiger partial charge on any atom is -0.299 e. The van der Waals surface area contributed by atoms with Gasteiger partial charge in [0, 0.05) is 22.7 Å². The number of fused-ring (bicyclic) bond motifs is 7. The summed E-state index contributed by atoms with van der Waals surface area (Å²) in [5.74, 6) is 3.60. The molecule has 1 unspecified atom stereocenters. The highest BCUT2D eigenvalue weighted by molar-refractivity contribution is 7.85. The van der Waals surface area contributed by atoms with Gasteiger partial charge >= 0.3 is 0 Å². The maximum Gasteiger partial charge on any atom is 0.172 e. The van der Waals surface area contributed by atoms with Gasteiger partial charge in [-0.15, -0.1) is 12.6 Å². The molecule has 7 atom stereocenters. The van der Waals surface area contributed by atoms with Crippen molar-refractivity contribution >= 4 is 24.2 Å². The van der Waals surface area contributed by atoms with Crippen molar-refractivity contribution in [2.45, 2.75) is 58.8 Å². The van der Waals surface area contributed by atoms with Crippen molar-refractivity contribution in [1.29, 1.82) is 0 Å². The molecule has 5 aliphatic carbocycles. The summed E-state index contributed by atoms with van der Waals surface area (Å²) in [7, 11) is 0. The zero-order valence-electron chi connectivity index (χ0n) is 14.1. The van der Waals surface area contributed by atoms with Gasteiger partial charge in [-0.3, -0.25) is 9.59 Å². The van der Waals surface area contributed by atoms with E-state index in [1.165, 1.54) is 12.0 Å². The summed E-state index contributed by atoms with van der Waals surface area (Å²) in [5, 5.41) is 0. The van der Waals surface area contributed by atoms with Gasteiger partial charge in [0.25, 0.3) is 0 Å². The fraction of sp³-hybridized carbons (Fsp3) is 0.800. The van der Waals surface area contributed by atoms with E-state index in [2.05, 4.69) is 26.5 Å². The smallest absolute Gasteiger partial charge is 0.172 e. The molecule has 0 saturated heterocycles. The molecule has 0 aromatic carbocycles. The third-order valence-electron chi connectivity index (χ3n) is 8.71. The highest BCUT2D eigenvalue weighted by Gasteiger charge is 2.67. The van der Waals surface area contributed by atoms with E-state index >= 15 is 0 Å². The van der Waals surface area contributed by atoms with Crippen molar-refractivity contribution in [2.75, 3.05) is 0 Å². The van der Waals surface area contributed by atoms with Crippen LogP contribution in [0.2, 0.25) is 0 Å². The van der Waals surface area contributed by atoms with E-state index < -0.39 is 0 Å². The van der Waals surface area contributed by atoms with E-state index in [1.54, 1.807) is 0 Å². The molecule has 4 fully saturated rings. The van der Waals surface area contributed by atoms with Crippen LogP contribution in [0.25, 0.3) is 0 Å². The second kappa shape index (κ2) is 4.33. The minimum absolute atomic E-state index is 0.0457. The Hall–Kier alpha value is -0.570. The third kappa shape index (κ3) is 1.59. The Morgan fingerprint density at radius 1 is 1.00 bits per heavy atom. The number of hydrogen-bond donors (Lipinski definition) is 1. The van der Waals surface area contributed by atoms with Gasteiger partial charge in [0.15, 0.2) is 5.78 Å². The first-order valence-corrected chi connectivity index (χ1v) is 9.84. The van der Waals surface area contributed by atoms with Gasteiger partial charge in [-0.1, -0.05) is 13.8 Å². The molecule has 0 radical (unpaired) electrons. The maximum absolute atomic E-state index is 12.5. The van der Waals surface area contributed by atoms with Crippen LogP contribution in [0, 0.1) is 40.4 Å². The third-order valence-corrected chi connectivity index (χ3v) is 9.20. The quantitative estimate of drug-likeness (QED) is 0.675. The van der Waals surface area contributed by atoms with Gasteiger partial charge in [-0.25, -0.2) is 0 Å². The fourth-order valence-corrected chi connectivity index (χ4v) is 7.87. The SMILES string of the molecule is C[C@]12CC[C@H]3[C@@H](CCC4=C(S)C(=O)[C@H]5CC5[C@@]43C)[C@@H]1CCC2=O. The number of ketones is 2. The van der Waals surface area contributed by atoms with Crippen LogP contribution in [0.15, 0.2) is 10.5 Å². The summed E-state index contributed by atoms with van der Waals surface area (Å²) in [4.78, 5) is 25.7. The molecule has 4 saturated carbocycles. The first-order valence-electron chi connectivity index (χ1n) is 9.39. The van der Waals surface area contributed by atoms with E-state index in [0.717, 1.165) is 43.4 Å². The van der Waals surface area contributed by atoms with Crippen molar-refractivity contribution in [1.82, 2.24) is 0 Å². The molecule has 0 aromatic heterocycles. The van der Waals surface area contributed by atoms with Crippen LogP contribution in [0.4, 0.5) is 0 Å². The molecule has 3 heteroatoms. The first-order chi connectivity index (χ1) is 10.9. The normalized spacial score (nSPS) is 54.3. The van der Waals surface area contributed by atoms with E-state index in [0.29, 0.717) is 35.2 Å². The summed E-state index contributed by atoms with van der Waals surface area (Å²) < 4.78 is 0. The molecule has 0 N–H and O–H groups in total. The van der Waals surface area contributed by atoms with Crippen LogP contribution in [-0.4, -0.2) is 11.6 Å². The van der Waals surface area contributed by atoms with Crippen molar-refractivity contribution in [3.63, 3.8) is 0 Å². The number of carbonyl (C=O) groups is 2. The molecule has 0 aliphatic heterocycles. The second-order valence-electron chi connectivity index (χ2n) is 9.26. The average molecular weight is 330 g/mol. The molecule has 0 heterocycles. The Labute approximate surface area is 143 Å². The molecule has 5 aliphatic rings. The van der Waals surface area contributed by atoms with Crippen LogP contribution < -0.4 is 0 Å². The van der Waals surface area contributed by atoms with E-state index in [-0.39, 0.29) is 16.7 Å². The maximum atomic E-state index is 12.5. The number of Topliss-reactive ketones (excluding diaryl/α,β-unsaturated/α-hetero) is 2. The number of allylic oxidation sites excluding steroid dienone is 1. The lowest BCUT2D eigenvalue weighted by atomic mass is 9.47. The molecule has 0 bridgehead atoms. The van der Waals surface area contributed by atoms with Crippen molar-refractivity contribution in [3.8, 4) is 0 Å². The molecule has 23 heavy (non-hydrogen) atoms. The molecule has 2 nitrogen and oxygen atoms in total. The Kier molecular flexibility index (Phi) is 2.78. The summed E-state index contributed by atoms with van der Waals surface area (Å²) in [6.45, 7) is 4.68. The van der Waals surface area contributed by atoms with Crippen molar-refractivity contribution in [2.24, 2.45) is 40.4 Å². The summed E-state index contributed by atoms with van der Waals surface area (Å²) in [6.07, 6.45) is 7.41. The second-order valence-corrected chi connectivity index (χ2v) is 9.70. The van der Waals surface area contributed by atoms with E-state index in [4.69, 9.17) is 0 Å². The lowest BCUT2D eigenvalue weighted by Crippen LogP contribution is -2.52. The predicted molar refractivity (Wildman–Crippen MR) is 92.0 cm³/mol. The van der Waals surface area contributed by atoms with Crippen molar-refractivity contribution in [3.05, 3.63) is 10.5 Å². The number of hydrogen-bond acceptors (Lipinski definition) is 3. The molecular weight excluding hydrogens is 304 g/mol. The van der Waals surface area contributed by atoms with Crippen LogP contribution in [0.3, 0.4) is 0 Å². The van der Waals surface area contributed by atoms with Crippen LogP contribution in [0.1, 0.15) is 58.8 Å². The van der Waals surface area contributed by atoms with Gasteiger partial charge in [0.05, 0.1) is 0 Å². The van der Waals surface area contributed by atoms with Gasteiger partial charge in [-0.2, -0.15) is 0 Å². The first kappa shape index (κ1) is 14.7. The Bertz CT molecular complexity index is 665. The van der Waals surface area contributed by atoms with Gasteiger partial charge < -0.3 is 0 Å². The predicted octanol–water partition coefficient (Wildman–Crippen LogP) is 4.20. The monoisotopic (exact) mass is 330 g/mol. The Morgan fingerprint density at radius 3 is 2.57 bits per heavy atom. The summed E-state index contributed by atoms with van der Waals surface area (Å²) >= 11 is 4.66. The highest BCUT2D eigenvalue weighted by Crippen LogP contribution is 2.71. The van der Waals surface area contributed by atoms with Crippen LogP contribution in [-0.2, 0) is 9.59 Å². The van der Waals surface area contributed by atoms with Gasteiger partial charge in [0.2, 0.25) is 0 Å². The fourth-order valence-electron chi connectivity index (χ4n) is 7.35. The summed E-state index contributed by atoms with van der Waals surface area (Å²) in [5.41, 5.74) is 1.51. The number of rotatable bonds is 0. The van der Waals surface area contributed by atoms with Crippen molar-refractivity contribution < 1.29 is 9.59 Å². The molecule has 124 valence electrons. The molecule has 0 aromatic rings. The zero-order valence-corrected chi connectivity index (χ0v) is 15.0. The zero-order chi connectivity index (χ0) is 16.1. The average Bonchev–Trinajstić information content (AvgIpc) is 3.27. The van der Waals surface area contributed by atoms with E-state index in [9.17, 15) is 9.59 Å². The summed E-state index contributed by atoms with van der Waals surface area (Å²) in [6, 6.07) is 0. The van der Waals surface area contributed by atoms with Gasteiger partial charge in [0.1, 0.15) is 5.78 Å². The Balaban J connectivity index is 1.58. The minimum atomic E-state index is -0.0457. The van der Waals surface area contributed by atoms with E-state index in [1.807, 2.05) is 0 Å². The molecular formula is C20H26O2S. The largest absolute Gasteiger partial charge is 0.299 e. The lowest BCUT2D eigenvalue weighted by Gasteiger charge is -2.57. The molecule has 0 spiro atoms. The molecule has 5 rings (SSSR count). The lowest BCUT2D eigenvalue weighted by molar-refractivity contribution is -0.132. The highest BCUT2D eigenvalue weighted by atomic mass is 32.1.